The molecule has 140 valence electrons. The molecule has 1 aromatic carbocycles. The lowest BCUT2D eigenvalue weighted by Crippen LogP contribution is -2.49. The van der Waals surface area contributed by atoms with Crippen LogP contribution in [0, 0.1) is 0 Å². The number of ether oxygens (including phenoxy) is 1. The van der Waals surface area contributed by atoms with Crippen LogP contribution in [0.1, 0.15) is 39.2 Å². The fourth-order valence-electron chi connectivity index (χ4n) is 2.73. The quantitative estimate of drug-likeness (QED) is 0.799. The summed E-state index contributed by atoms with van der Waals surface area (Å²) in [6.45, 7) is 6.47. The smallest absolute Gasteiger partial charge is 0.416 e. The Labute approximate surface area is 150 Å². The summed E-state index contributed by atoms with van der Waals surface area (Å²) in [4.78, 5) is 13.8. The molecule has 0 spiro atoms. The van der Waals surface area contributed by atoms with E-state index in [2.05, 4.69) is 5.32 Å². The molecular weight excluding hydrogens is 357 g/mol. The molecule has 1 heterocycles. The van der Waals surface area contributed by atoms with Gasteiger partial charge in [0.25, 0.3) is 0 Å². The van der Waals surface area contributed by atoms with Gasteiger partial charge in [0, 0.05) is 19.1 Å². The third-order valence-corrected chi connectivity index (χ3v) is 4.06. The molecule has 1 aromatic rings. The van der Waals surface area contributed by atoms with E-state index in [1.807, 2.05) is 4.90 Å². The van der Waals surface area contributed by atoms with Crippen molar-refractivity contribution in [3.8, 4) is 0 Å². The number of anilines is 1. The highest BCUT2D eigenvalue weighted by atomic mass is 35.5. The molecule has 1 atom stereocenters. The highest BCUT2D eigenvalue weighted by molar-refractivity contribution is 6.33. The predicted molar refractivity (Wildman–Crippen MR) is 91.1 cm³/mol. The van der Waals surface area contributed by atoms with Gasteiger partial charge in [0.15, 0.2) is 0 Å². The molecular formula is C17H22ClF3N2O2. The number of rotatable bonds is 2. The molecule has 0 aliphatic carbocycles. The Morgan fingerprint density at radius 1 is 1.32 bits per heavy atom. The molecule has 0 aromatic heterocycles. The van der Waals surface area contributed by atoms with E-state index in [0.29, 0.717) is 18.8 Å². The van der Waals surface area contributed by atoms with Crippen LogP contribution in [-0.4, -0.2) is 30.8 Å². The first kappa shape index (κ1) is 19.7. The number of nitrogens with zero attached hydrogens (tertiary/aromatic N) is 1. The Morgan fingerprint density at radius 3 is 2.56 bits per heavy atom. The average Bonchev–Trinajstić information content (AvgIpc) is 2.44. The van der Waals surface area contributed by atoms with E-state index in [-0.39, 0.29) is 11.1 Å². The second kappa shape index (κ2) is 7.32. The van der Waals surface area contributed by atoms with E-state index in [4.69, 9.17) is 16.3 Å². The largest absolute Gasteiger partial charge is 0.444 e. The first-order chi connectivity index (χ1) is 11.5. The molecule has 0 saturated carbocycles. The van der Waals surface area contributed by atoms with E-state index in [1.54, 1.807) is 20.8 Å². The normalized spacial score (nSPS) is 18.8. The molecule has 25 heavy (non-hydrogen) atoms. The number of carbonyl (C=O) groups excluding carboxylic acids is 1. The van der Waals surface area contributed by atoms with Gasteiger partial charge in [-0.2, -0.15) is 13.2 Å². The van der Waals surface area contributed by atoms with Crippen LogP contribution in [-0.2, 0) is 10.9 Å². The molecule has 1 N–H and O–H groups in total. The number of amides is 1. The summed E-state index contributed by atoms with van der Waals surface area (Å²) in [5, 5.41) is 2.85. The predicted octanol–water partition coefficient (Wildman–Crippen LogP) is 4.85. The zero-order valence-electron chi connectivity index (χ0n) is 14.4. The lowest BCUT2D eigenvalue weighted by Gasteiger charge is -2.35. The molecule has 1 saturated heterocycles. The standard InChI is InChI=1S/C17H22ClF3N2O2/c1-16(2,3)25-15(24)22-12-5-4-8-23(10-12)14-7-6-11(9-13(14)18)17(19,20)21/h6-7,9,12H,4-5,8,10H2,1-3H3,(H,22,24)/t12-/m1/s1. The van der Waals surface area contributed by atoms with Crippen LogP contribution in [0.25, 0.3) is 0 Å². The van der Waals surface area contributed by atoms with Gasteiger partial charge in [0.05, 0.1) is 16.3 Å². The van der Waals surface area contributed by atoms with Gasteiger partial charge in [0.1, 0.15) is 5.60 Å². The number of nitrogens with one attached hydrogen (secondary N) is 1. The van der Waals surface area contributed by atoms with Crippen LogP contribution in [0.5, 0.6) is 0 Å². The van der Waals surface area contributed by atoms with Crippen LogP contribution in [0.2, 0.25) is 5.02 Å². The summed E-state index contributed by atoms with van der Waals surface area (Å²) in [6, 6.07) is 3.18. The van der Waals surface area contributed by atoms with Crippen molar-refractivity contribution in [3.05, 3.63) is 28.8 Å². The third-order valence-electron chi connectivity index (χ3n) is 3.76. The Balaban J connectivity index is 2.05. The molecule has 1 fully saturated rings. The topological polar surface area (TPSA) is 41.6 Å². The summed E-state index contributed by atoms with van der Waals surface area (Å²) >= 11 is 6.06. The number of carbonyl (C=O) groups is 1. The Kier molecular flexibility index (Phi) is 5.76. The van der Waals surface area contributed by atoms with Crippen molar-refractivity contribution in [3.63, 3.8) is 0 Å². The van der Waals surface area contributed by atoms with Crippen molar-refractivity contribution in [2.75, 3.05) is 18.0 Å². The molecule has 0 unspecified atom stereocenters. The highest BCUT2D eigenvalue weighted by Gasteiger charge is 2.32. The Bertz CT molecular complexity index is 629. The van der Waals surface area contributed by atoms with E-state index in [9.17, 15) is 18.0 Å². The second-order valence-electron chi connectivity index (χ2n) is 7.10. The molecule has 4 nitrogen and oxygen atoms in total. The van der Waals surface area contributed by atoms with Gasteiger partial charge in [-0.05, 0) is 51.8 Å². The van der Waals surface area contributed by atoms with Crippen LogP contribution < -0.4 is 10.2 Å². The fourth-order valence-corrected chi connectivity index (χ4v) is 3.03. The first-order valence-corrected chi connectivity index (χ1v) is 8.45. The number of piperidine rings is 1. The number of benzene rings is 1. The average molecular weight is 379 g/mol. The molecule has 8 heteroatoms. The minimum Gasteiger partial charge on any atom is -0.444 e. The Hall–Kier alpha value is -1.63. The van der Waals surface area contributed by atoms with Crippen LogP contribution in [0.4, 0.5) is 23.7 Å². The molecule has 1 aliphatic heterocycles. The van der Waals surface area contributed by atoms with Gasteiger partial charge >= 0.3 is 12.3 Å². The molecule has 0 radical (unpaired) electrons. The number of halogens is 4. The minimum absolute atomic E-state index is 0.0488. The maximum atomic E-state index is 12.7. The van der Waals surface area contributed by atoms with Gasteiger partial charge in [-0.25, -0.2) is 4.79 Å². The monoisotopic (exact) mass is 378 g/mol. The van der Waals surface area contributed by atoms with Gasteiger partial charge in [-0.1, -0.05) is 11.6 Å². The van der Waals surface area contributed by atoms with E-state index in [1.165, 1.54) is 6.07 Å². The number of hydrogen-bond donors (Lipinski definition) is 1. The summed E-state index contributed by atoms with van der Waals surface area (Å²) < 4.78 is 43.5. The van der Waals surface area contributed by atoms with Crippen LogP contribution in [0.3, 0.4) is 0 Å². The molecule has 1 aliphatic rings. The van der Waals surface area contributed by atoms with Gasteiger partial charge < -0.3 is 15.0 Å². The summed E-state index contributed by atoms with van der Waals surface area (Å²) in [7, 11) is 0. The SMILES string of the molecule is CC(C)(C)OC(=O)N[C@@H]1CCCN(c2ccc(C(F)(F)F)cc2Cl)C1. The minimum atomic E-state index is -4.43. The van der Waals surface area contributed by atoms with Gasteiger partial charge in [0.2, 0.25) is 0 Å². The van der Waals surface area contributed by atoms with Crippen molar-refractivity contribution >= 4 is 23.4 Å². The van der Waals surface area contributed by atoms with Crippen LogP contribution >= 0.6 is 11.6 Å². The van der Waals surface area contributed by atoms with Gasteiger partial charge in [-0.15, -0.1) is 0 Å². The highest BCUT2D eigenvalue weighted by Crippen LogP contribution is 2.35. The van der Waals surface area contributed by atoms with Crippen molar-refractivity contribution in [2.24, 2.45) is 0 Å². The molecule has 0 bridgehead atoms. The second-order valence-corrected chi connectivity index (χ2v) is 7.50. The van der Waals surface area contributed by atoms with Gasteiger partial charge in [-0.3, -0.25) is 0 Å². The number of alkyl halides is 3. The summed E-state index contributed by atoms with van der Waals surface area (Å²) in [6.07, 6.45) is -3.37. The van der Waals surface area contributed by atoms with Crippen molar-refractivity contribution in [2.45, 2.75) is 51.4 Å². The van der Waals surface area contributed by atoms with E-state index >= 15 is 0 Å². The fraction of sp³-hybridized carbons (Fsp3) is 0.588. The summed E-state index contributed by atoms with van der Waals surface area (Å²) in [5.41, 5.74) is -0.832. The Morgan fingerprint density at radius 2 is 2.00 bits per heavy atom. The first-order valence-electron chi connectivity index (χ1n) is 8.07. The maximum absolute atomic E-state index is 12.7. The number of hydrogen-bond acceptors (Lipinski definition) is 3. The summed E-state index contributed by atoms with van der Waals surface area (Å²) in [5.74, 6) is 0. The van der Waals surface area contributed by atoms with Crippen molar-refractivity contribution in [1.29, 1.82) is 0 Å². The third kappa shape index (κ3) is 5.70. The lowest BCUT2D eigenvalue weighted by molar-refractivity contribution is -0.137. The van der Waals surface area contributed by atoms with Crippen molar-refractivity contribution in [1.82, 2.24) is 5.32 Å². The molecule has 2 rings (SSSR count). The molecule has 1 amide bonds. The lowest BCUT2D eigenvalue weighted by atomic mass is 10.0. The van der Waals surface area contributed by atoms with Crippen molar-refractivity contribution < 1.29 is 22.7 Å². The van der Waals surface area contributed by atoms with Crippen LogP contribution in [0.15, 0.2) is 18.2 Å². The number of alkyl carbamates (subject to hydrolysis) is 1. The van der Waals surface area contributed by atoms with E-state index < -0.39 is 23.4 Å². The maximum Gasteiger partial charge on any atom is 0.416 e. The zero-order valence-corrected chi connectivity index (χ0v) is 15.2. The van der Waals surface area contributed by atoms with E-state index in [0.717, 1.165) is 25.0 Å². The zero-order chi connectivity index (χ0) is 18.8.